The van der Waals surface area contributed by atoms with E-state index in [0.717, 1.165) is 29.9 Å². The van der Waals surface area contributed by atoms with E-state index in [0.29, 0.717) is 10.5 Å². The van der Waals surface area contributed by atoms with E-state index in [2.05, 4.69) is 11.8 Å². The summed E-state index contributed by atoms with van der Waals surface area (Å²) in [5.74, 6) is 1.47. The van der Waals surface area contributed by atoms with Crippen LogP contribution in [0.25, 0.3) is 0 Å². The van der Waals surface area contributed by atoms with Crippen LogP contribution < -0.4 is 9.47 Å². The van der Waals surface area contributed by atoms with Crippen LogP contribution in [-0.4, -0.2) is 29.8 Å². The highest BCUT2D eigenvalue weighted by Gasteiger charge is 2.45. The average Bonchev–Trinajstić information content (AvgIpc) is 2.45. The molecule has 4 heteroatoms. The van der Waals surface area contributed by atoms with Gasteiger partial charge in [0.2, 0.25) is 0 Å². The number of rotatable bonds is 3. The molecule has 2 atom stereocenters. The molecule has 1 N–H and O–H groups in total. The zero-order chi connectivity index (χ0) is 14.2. The largest absolute Gasteiger partial charge is 0.496 e. The van der Waals surface area contributed by atoms with Gasteiger partial charge in [-0.2, -0.15) is 11.8 Å². The van der Waals surface area contributed by atoms with Crippen LogP contribution in [0.2, 0.25) is 0 Å². The summed E-state index contributed by atoms with van der Waals surface area (Å²) in [6.07, 6.45) is 5.30. The maximum absolute atomic E-state index is 11.3. The van der Waals surface area contributed by atoms with Gasteiger partial charge in [-0.05, 0) is 37.8 Å². The Labute approximate surface area is 124 Å². The van der Waals surface area contributed by atoms with E-state index in [-0.39, 0.29) is 0 Å². The third-order valence-electron chi connectivity index (χ3n) is 4.46. The molecule has 0 saturated carbocycles. The molecule has 2 bridgehead atoms. The Morgan fingerprint density at radius 3 is 2.15 bits per heavy atom. The van der Waals surface area contributed by atoms with E-state index < -0.39 is 5.60 Å². The van der Waals surface area contributed by atoms with Crippen LogP contribution in [-0.2, 0) is 5.60 Å². The normalized spacial score (nSPS) is 32.8. The molecular weight excluding hydrogens is 272 g/mol. The van der Waals surface area contributed by atoms with Crippen molar-refractivity contribution in [2.45, 2.75) is 48.2 Å². The van der Waals surface area contributed by atoms with E-state index in [1.54, 1.807) is 14.2 Å². The summed E-state index contributed by atoms with van der Waals surface area (Å²) >= 11 is 2.06. The summed E-state index contributed by atoms with van der Waals surface area (Å²) < 4.78 is 11.0. The predicted octanol–water partition coefficient (Wildman–Crippen LogP) is 3.34. The lowest BCUT2D eigenvalue weighted by Gasteiger charge is -2.44. The molecule has 2 unspecified atom stereocenters. The Hall–Kier alpha value is -0.870. The molecule has 0 aromatic heterocycles. The van der Waals surface area contributed by atoms with E-state index in [1.807, 2.05) is 18.2 Å². The van der Waals surface area contributed by atoms with Gasteiger partial charge in [0.05, 0.1) is 25.4 Å². The molecule has 0 aliphatic carbocycles. The highest BCUT2D eigenvalue weighted by molar-refractivity contribution is 8.00. The smallest absolute Gasteiger partial charge is 0.128 e. The highest BCUT2D eigenvalue weighted by Crippen LogP contribution is 2.53. The van der Waals surface area contributed by atoms with Crippen molar-refractivity contribution in [1.29, 1.82) is 0 Å². The van der Waals surface area contributed by atoms with Crippen molar-refractivity contribution in [2.75, 3.05) is 14.2 Å². The Morgan fingerprint density at radius 2 is 1.65 bits per heavy atom. The van der Waals surface area contributed by atoms with Crippen LogP contribution in [0.4, 0.5) is 0 Å². The summed E-state index contributed by atoms with van der Waals surface area (Å²) in [5.41, 5.74) is 0.0149. The molecule has 0 radical (unpaired) electrons. The maximum atomic E-state index is 11.3. The first kappa shape index (κ1) is 14.1. The summed E-state index contributed by atoms with van der Waals surface area (Å²) in [7, 11) is 3.31. The number of aliphatic hydroxyl groups is 1. The molecule has 110 valence electrons. The quantitative estimate of drug-likeness (QED) is 0.928. The van der Waals surface area contributed by atoms with Gasteiger partial charge in [0.15, 0.2) is 0 Å². The molecule has 2 fully saturated rings. The fourth-order valence-corrected chi connectivity index (χ4v) is 5.53. The lowest BCUT2D eigenvalue weighted by molar-refractivity contribution is 0.00401. The molecule has 2 aliphatic rings. The van der Waals surface area contributed by atoms with Gasteiger partial charge in [-0.1, -0.05) is 12.5 Å². The molecule has 1 aromatic rings. The van der Waals surface area contributed by atoms with Gasteiger partial charge in [0.25, 0.3) is 0 Å². The first-order valence-electron chi connectivity index (χ1n) is 7.25. The van der Waals surface area contributed by atoms with E-state index in [9.17, 15) is 5.11 Å². The number of fused-ring (bicyclic) bond motifs is 2. The summed E-state index contributed by atoms with van der Waals surface area (Å²) in [4.78, 5) is 0. The first-order valence-corrected chi connectivity index (χ1v) is 8.20. The van der Waals surface area contributed by atoms with Crippen molar-refractivity contribution in [3.8, 4) is 11.5 Å². The molecule has 2 saturated heterocycles. The van der Waals surface area contributed by atoms with Crippen molar-refractivity contribution < 1.29 is 14.6 Å². The van der Waals surface area contributed by atoms with Crippen LogP contribution >= 0.6 is 11.8 Å². The van der Waals surface area contributed by atoms with Crippen molar-refractivity contribution >= 4 is 11.8 Å². The SMILES string of the molecule is COc1cccc(OC)c1C1(O)CC2CCCC(C1)S2. The molecule has 3 rings (SSSR count). The minimum atomic E-state index is -0.820. The molecule has 2 heterocycles. The second-order valence-corrected chi connectivity index (χ2v) is 7.39. The maximum Gasteiger partial charge on any atom is 0.128 e. The summed E-state index contributed by atoms with van der Waals surface area (Å²) in [6, 6.07) is 5.73. The van der Waals surface area contributed by atoms with Gasteiger partial charge in [0.1, 0.15) is 11.5 Å². The van der Waals surface area contributed by atoms with Crippen molar-refractivity contribution in [2.24, 2.45) is 0 Å². The van der Waals surface area contributed by atoms with Crippen LogP contribution in [0.5, 0.6) is 11.5 Å². The van der Waals surface area contributed by atoms with E-state index >= 15 is 0 Å². The Kier molecular flexibility index (Phi) is 3.87. The Balaban J connectivity index is 2.02. The van der Waals surface area contributed by atoms with Gasteiger partial charge in [-0.25, -0.2) is 0 Å². The number of thioether (sulfide) groups is 1. The summed E-state index contributed by atoms with van der Waals surface area (Å²) in [6.45, 7) is 0. The van der Waals surface area contributed by atoms with E-state index in [4.69, 9.17) is 9.47 Å². The van der Waals surface area contributed by atoms with Crippen molar-refractivity contribution in [3.05, 3.63) is 23.8 Å². The Morgan fingerprint density at radius 1 is 1.10 bits per heavy atom. The van der Waals surface area contributed by atoms with Crippen LogP contribution in [0.15, 0.2) is 18.2 Å². The van der Waals surface area contributed by atoms with Crippen LogP contribution in [0.3, 0.4) is 0 Å². The fourth-order valence-electron chi connectivity index (χ4n) is 3.63. The lowest BCUT2D eigenvalue weighted by atomic mass is 9.79. The number of benzene rings is 1. The monoisotopic (exact) mass is 294 g/mol. The number of methoxy groups -OCH3 is 2. The van der Waals surface area contributed by atoms with Gasteiger partial charge >= 0.3 is 0 Å². The lowest BCUT2D eigenvalue weighted by Crippen LogP contribution is -2.41. The van der Waals surface area contributed by atoms with Gasteiger partial charge in [0, 0.05) is 10.5 Å². The minimum absolute atomic E-state index is 0.558. The topological polar surface area (TPSA) is 38.7 Å². The Bertz CT molecular complexity index is 454. The molecule has 0 spiro atoms. The second kappa shape index (κ2) is 5.49. The van der Waals surface area contributed by atoms with Crippen LogP contribution in [0.1, 0.15) is 37.7 Å². The van der Waals surface area contributed by atoms with Gasteiger partial charge in [-0.15, -0.1) is 0 Å². The predicted molar refractivity (Wildman–Crippen MR) is 81.7 cm³/mol. The zero-order valence-corrected chi connectivity index (χ0v) is 12.9. The molecule has 1 aromatic carbocycles. The third kappa shape index (κ3) is 2.40. The van der Waals surface area contributed by atoms with E-state index in [1.165, 1.54) is 19.3 Å². The number of hydrogen-bond acceptors (Lipinski definition) is 4. The van der Waals surface area contributed by atoms with Crippen LogP contribution in [0, 0.1) is 0 Å². The first-order chi connectivity index (χ1) is 9.66. The minimum Gasteiger partial charge on any atom is -0.496 e. The molecule has 3 nitrogen and oxygen atoms in total. The zero-order valence-electron chi connectivity index (χ0n) is 12.1. The van der Waals surface area contributed by atoms with Crippen molar-refractivity contribution in [3.63, 3.8) is 0 Å². The molecule has 20 heavy (non-hydrogen) atoms. The number of hydrogen-bond donors (Lipinski definition) is 1. The molecule has 0 amide bonds. The molecule has 2 aliphatic heterocycles. The standard InChI is InChI=1S/C16H22O3S/c1-18-13-7-4-8-14(19-2)15(13)16(17)9-11-5-3-6-12(10-16)20-11/h4,7-8,11-12,17H,3,5-6,9-10H2,1-2H3. The third-order valence-corrected chi connectivity index (χ3v) is 6.04. The number of ether oxygens (including phenoxy) is 2. The highest BCUT2D eigenvalue weighted by atomic mass is 32.2. The van der Waals surface area contributed by atoms with Gasteiger partial charge in [-0.3, -0.25) is 0 Å². The summed E-state index contributed by atoms with van der Waals surface area (Å²) in [5, 5.41) is 12.4. The van der Waals surface area contributed by atoms with Crippen molar-refractivity contribution in [1.82, 2.24) is 0 Å². The fraction of sp³-hybridized carbons (Fsp3) is 0.625. The second-order valence-electron chi connectivity index (χ2n) is 5.79. The average molecular weight is 294 g/mol. The molecular formula is C16H22O3S. The van der Waals surface area contributed by atoms with Gasteiger partial charge < -0.3 is 14.6 Å².